The van der Waals surface area contributed by atoms with Gasteiger partial charge in [0.15, 0.2) is 0 Å². The molecule has 0 aromatic heterocycles. The second-order valence-electron chi connectivity index (χ2n) is 6.85. The first-order valence-corrected chi connectivity index (χ1v) is 8.31. The van der Waals surface area contributed by atoms with Crippen molar-refractivity contribution in [3.8, 4) is 0 Å². The second-order valence-corrected chi connectivity index (χ2v) is 6.85. The van der Waals surface area contributed by atoms with E-state index in [0.29, 0.717) is 6.04 Å². The van der Waals surface area contributed by atoms with Crippen LogP contribution in [0.25, 0.3) is 0 Å². The van der Waals surface area contributed by atoms with Crippen LogP contribution in [-0.4, -0.2) is 41.9 Å². The van der Waals surface area contributed by atoms with Crippen LogP contribution >= 0.6 is 0 Å². The van der Waals surface area contributed by atoms with E-state index in [4.69, 9.17) is 5.73 Å². The van der Waals surface area contributed by atoms with E-state index in [2.05, 4.69) is 17.1 Å². The fourth-order valence-corrected chi connectivity index (χ4v) is 3.46. The molecule has 3 N–H and O–H groups in total. The average Bonchev–Trinajstić information content (AvgIpc) is 2.49. The van der Waals surface area contributed by atoms with Gasteiger partial charge in [0.1, 0.15) is 0 Å². The van der Waals surface area contributed by atoms with Crippen LogP contribution in [0, 0.1) is 11.8 Å². The largest absolute Gasteiger partial charge is 0.369 e. The molecular formula is C16H29N3O2. The Labute approximate surface area is 127 Å². The minimum atomic E-state index is -0.205. The molecule has 1 saturated heterocycles. The molecule has 1 aliphatic heterocycles. The van der Waals surface area contributed by atoms with Gasteiger partial charge in [-0.2, -0.15) is 0 Å². The molecule has 5 heteroatoms. The minimum Gasteiger partial charge on any atom is -0.369 e. The molecule has 0 aromatic rings. The third-order valence-corrected chi connectivity index (χ3v) is 5.22. The third kappa shape index (κ3) is 4.43. The monoisotopic (exact) mass is 295 g/mol. The molecule has 120 valence electrons. The maximum atomic E-state index is 12.4. The molecule has 2 amide bonds. The quantitative estimate of drug-likeness (QED) is 0.820. The van der Waals surface area contributed by atoms with Crippen molar-refractivity contribution in [2.45, 2.75) is 64.5 Å². The Balaban J connectivity index is 1.76. The van der Waals surface area contributed by atoms with Gasteiger partial charge in [0.2, 0.25) is 11.8 Å². The van der Waals surface area contributed by atoms with Crippen LogP contribution in [-0.2, 0) is 9.59 Å². The number of amides is 2. The number of primary amides is 1. The number of nitrogens with zero attached hydrogens (tertiary/aromatic N) is 1. The first kappa shape index (κ1) is 16.3. The van der Waals surface area contributed by atoms with Crippen LogP contribution in [0.5, 0.6) is 0 Å². The van der Waals surface area contributed by atoms with E-state index in [1.165, 1.54) is 12.8 Å². The minimum absolute atomic E-state index is 0.0173. The zero-order valence-electron chi connectivity index (χ0n) is 13.3. The lowest BCUT2D eigenvalue weighted by Crippen LogP contribution is -2.51. The number of hydrogen-bond acceptors (Lipinski definition) is 3. The topological polar surface area (TPSA) is 75.4 Å². The molecule has 2 fully saturated rings. The summed E-state index contributed by atoms with van der Waals surface area (Å²) >= 11 is 0. The van der Waals surface area contributed by atoms with Crippen molar-refractivity contribution in [1.82, 2.24) is 10.2 Å². The number of likely N-dealkylation sites (tertiary alicyclic amines) is 1. The summed E-state index contributed by atoms with van der Waals surface area (Å²) in [5, 5.41) is 3.20. The van der Waals surface area contributed by atoms with Gasteiger partial charge in [0.05, 0.1) is 6.04 Å². The Morgan fingerprint density at radius 1 is 1.10 bits per heavy atom. The molecule has 0 radical (unpaired) electrons. The molecule has 0 bridgehead atoms. The van der Waals surface area contributed by atoms with E-state index < -0.39 is 0 Å². The summed E-state index contributed by atoms with van der Waals surface area (Å²) in [6.07, 6.45) is 6.17. The molecule has 1 atom stereocenters. The van der Waals surface area contributed by atoms with Crippen LogP contribution in [0.2, 0.25) is 0 Å². The molecule has 0 aromatic carbocycles. The van der Waals surface area contributed by atoms with Crippen molar-refractivity contribution >= 4 is 11.8 Å². The Bertz CT molecular complexity index is 370. The molecule has 1 heterocycles. The summed E-state index contributed by atoms with van der Waals surface area (Å²) in [6, 6.07) is 0.234. The molecule has 21 heavy (non-hydrogen) atoms. The van der Waals surface area contributed by atoms with Crippen LogP contribution in [0.1, 0.15) is 52.4 Å². The molecule has 1 aliphatic carbocycles. The predicted molar refractivity (Wildman–Crippen MR) is 82.5 cm³/mol. The highest BCUT2D eigenvalue weighted by molar-refractivity contribution is 5.81. The van der Waals surface area contributed by atoms with Crippen molar-refractivity contribution in [2.24, 2.45) is 17.6 Å². The summed E-state index contributed by atoms with van der Waals surface area (Å²) in [6.45, 7) is 5.81. The lowest BCUT2D eigenvalue weighted by Gasteiger charge is -2.35. The smallest absolute Gasteiger partial charge is 0.237 e. The molecule has 0 spiro atoms. The van der Waals surface area contributed by atoms with Crippen molar-refractivity contribution in [3.05, 3.63) is 0 Å². The predicted octanol–water partition coefficient (Wildman–Crippen LogP) is 1.27. The number of rotatable bonds is 4. The third-order valence-electron chi connectivity index (χ3n) is 5.22. The Hall–Kier alpha value is -1.10. The van der Waals surface area contributed by atoms with Crippen LogP contribution in [0.15, 0.2) is 0 Å². The second kappa shape index (κ2) is 7.25. The van der Waals surface area contributed by atoms with Gasteiger partial charge in [-0.05, 0) is 64.5 Å². The Kier molecular flexibility index (Phi) is 5.62. The molecule has 5 nitrogen and oxygen atoms in total. The summed E-state index contributed by atoms with van der Waals surface area (Å²) in [7, 11) is 0. The van der Waals surface area contributed by atoms with Crippen LogP contribution in [0.3, 0.4) is 0 Å². The van der Waals surface area contributed by atoms with E-state index in [1.807, 2.05) is 6.92 Å². The molecule has 1 unspecified atom stereocenters. The van der Waals surface area contributed by atoms with Crippen LogP contribution < -0.4 is 11.1 Å². The first-order chi connectivity index (χ1) is 9.97. The van der Waals surface area contributed by atoms with Gasteiger partial charge in [-0.25, -0.2) is 0 Å². The first-order valence-electron chi connectivity index (χ1n) is 8.31. The fourth-order valence-electron chi connectivity index (χ4n) is 3.46. The van der Waals surface area contributed by atoms with Gasteiger partial charge in [-0.15, -0.1) is 0 Å². The molecule has 1 saturated carbocycles. The van der Waals surface area contributed by atoms with Gasteiger partial charge in [0, 0.05) is 12.0 Å². The van der Waals surface area contributed by atoms with E-state index >= 15 is 0 Å². The summed E-state index contributed by atoms with van der Waals surface area (Å²) in [5.41, 5.74) is 5.35. The summed E-state index contributed by atoms with van der Waals surface area (Å²) in [4.78, 5) is 25.7. The number of nitrogens with one attached hydrogen (secondary N) is 1. The highest BCUT2D eigenvalue weighted by atomic mass is 16.2. The van der Waals surface area contributed by atoms with Gasteiger partial charge in [-0.1, -0.05) is 6.92 Å². The van der Waals surface area contributed by atoms with Gasteiger partial charge in [0.25, 0.3) is 0 Å². The van der Waals surface area contributed by atoms with E-state index in [0.717, 1.165) is 44.7 Å². The van der Waals surface area contributed by atoms with E-state index in [1.54, 1.807) is 0 Å². The normalized spacial score (nSPS) is 29.8. The maximum absolute atomic E-state index is 12.4. The lowest BCUT2D eigenvalue weighted by molar-refractivity contribution is -0.128. The van der Waals surface area contributed by atoms with Crippen molar-refractivity contribution in [3.63, 3.8) is 0 Å². The number of carbonyl (C=O) groups is 2. The van der Waals surface area contributed by atoms with Gasteiger partial charge in [-0.3, -0.25) is 14.5 Å². The Morgan fingerprint density at radius 3 is 2.19 bits per heavy atom. The van der Waals surface area contributed by atoms with Crippen molar-refractivity contribution < 1.29 is 9.59 Å². The number of hydrogen-bond donors (Lipinski definition) is 2. The molecular weight excluding hydrogens is 266 g/mol. The van der Waals surface area contributed by atoms with Crippen LogP contribution in [0.4, 0.5) is 0 Å². The highest BCUT2D eigenvalue weighted by Gasteiger charge is 2.30. The Morgan fingerprint density at radius 2 is 1.67 bits per heavy atom. The average molecular weight is 295 g/mol. The summed E-state index contributed by atoms with van der Waals surface area (Å²) < 4.78 is 0. The number of nitrogens with two attached hydrogens (primary N) is 1. The van der Waals surface area contributed by atoms with Gasteiger partial charge < -0.3 is 11.1 Å². The number of carbonyl (C=O) groups excluding carboxylic acids is 2. The SMILES string of the molecule is CC1CCC(NC(=O)C(C)N2CCC(C(N)=O)CC2)CC1. The van der Waals surface area contributed by atoms with Gasteiger partial charge >= 0.3 is 0 Å². The maximum Gasteiger partial charge on any atom is 0.237 e. The fraction of sp³-hybridized carbons (Fsp3) is 0.875. The van der Waals surface area contributed by atoms with E-state index in [-0.39, 0.29) is 23.8 Å². The zero-order valence-corrected chi connectivity index (χ0v) is 13.3. The van der Waals surface area contributed by atoms with E-state index in [9.17, 15) is 9.59 Å². The summed E-state index contributed by atoms with van der Waals surface area (Å²) in [5.74, 6) is 0.704. The lowest BCUT2D eigenvalue weighted by atomic mass is 9.87. The molecule has 2 rings (SSSR count). The zero-order chi connectivity index (χ0) is 15.4. The standard InChI is InChI=1S/C16H29N3O2/c1-11-3-5-14(6-4-11)18-16(21)12(2)19-9-7-13(8-10-19)15(17)20/h11-14H,3-10H2,1-2H3,(H2,17,20)(H,18,21). The van der Waals surface area contributed by atoms with Crippen molar-refractivity contribution in [2.75, 3.05) is 13.1 Å². The highest BCUT2D eigenvalue weighted by Crippen LogP contribution is 2.24. The number of piperidine rings is 1. The van der Waals surface area contributed by atoms with Crippen molar-refractivity contribution in [1.29, 1.82) is 0 Å². The molecule has 2 aliphatic rings.